The number of nitrogens with zero attached hydrogens (tertiary/aromatic N) is 2. The van der Waals surface area contributed by atoms with Crippen LogP contribution in [-0.4, -0.2) is 17.0 Å². The van der Waals surface area contributed by atoms with E-state index in [1.807, 2.05) is 6.07 Å². The molecular formula is C33H31ClN2. The molecule has 36 heavy (non-hydrogen) atoms. The van der Waals surface area contributed by atoms with Crippen molar-refractivity contribution in [2.75, 3.05) is 0 Å². The van der Waals surface area contributed by atoms with E-state index in [1.165, 1.54) is 27.8 Å². The Hall–Kier alpha value is -3.23. The zero-order valence-corrected chi connectivity index (χ0v) is 21.8. The number of alkyl halides is 1. The second-order valence-electron chi connectivity index (χ2n) is 10.6. The standard InChI is InChI=1S/C33H31ClN2/c1-4-25-30(24-18-19-29-27(20-24)26-12-8-9-13-28(26)33(29,2)3)35-32(36-31(25)34)23-16-14-22(15-17-23)21-10-6-5-7-11-21/h5-20,25-26,28,31H,4H2,1-3H3. The Morgan fingerprint density at radius 3 is 2.22 bits per heavy atom. The van der Waals surface area contributed by atoms with Crippen molar-refractivity contribution in [2.45, 2.75) is 44.0 Å². The second kappa shape index (κ2) is 9.01. The fourth-order valence-electron chi connectivity index (χ4n) is 6.17. The topological polar surface area (TPSA) is 24.7 Å². The zero-order valence-electron chi connectivity index (χ0n) is 21.0. The molecule has 1 aliphatic heterocycles. The molecule has 3 aliphatic rings. The van der Waals surface area contributed by atoms with Gasteiger partial charge in [-0.25, -0.2) is 9.98 Å². The lowest BCUT2D eigenvalue weighted by Crippen LogP contribution is -2.30. The highest BCUT2D eigenvalue weighted by Gasteiger charge is 2.44. The third-order valence-electron chi connectivity index (χ3n) is 8.21. The highest BCUT2D eigenvalue weighted by molar-refractivity contribution is 6.26. The van der Waals surface area contributed by atoms with Crippen molar-refractivity contribution in [3.63, 3.8) is 0 Å². The molecular weight excluding hydrogens is 460 g/mol. The van der Waals surface area contributed by atoms with Gasteiger partial charge in [0.1, 0.15) is 5.50 Å². The number of allylic oxidation sites excluding steroid dienone is 4. The number of aliphatic imine (C=N–C) groups is 2. The third-order valence-corrected chi connectivity index (χ3v) is 8.62. The number of hydrogen-bond acceptors (Lipinski definition) is 2. The van der Waals surface area contributed by atoms with Gasteiger partial charge in [-0.15, -0.1) is 0 Å². The fraction of sp³-hybridized carbons (Fsp3) is 0.273. The molecule has 2 aliphatic carbocycles. The normalized spacial score (nSPS) is 25.7. The van der Waals surface area contributed by atoms with E-state index in [4.69, 9.17) is 21.6 Å². The Balaban J connectivity index is 1.38. The summed E-state index contributed by atoms with van der Waals surface area (Å²) in [5, 5.41) is 0. The molecule has 0 saturated heterocycles. The van der Waals surface area contributed by atoms with Crippen molar-refractivity contribution in [3.8, 4) is 11.1 Å². The first-order valence-electron chi connectivity index (χ1n) is 12.9. The first-order valence-corrected chi connectivity index (χ1v) is 13.4. The predicted molar refractivity (Wildman–Crippen MR) is 152 cm³/mol. The Morgan fingerprint density at radius 1 is 0.806 bits per heavy atom. The van der Waals surface area contributed by atoms with Crippen LogP contribution in [0.2, 0.25) is 0 Å². The van der Waals surface area contributed by atoms with Gasteiger partial charge in [-0.05, 0) is 51.6 Å². The molecule has 0 fully saturated rings. The molecule has 4 atom stereocenters. The highest BCUT2D eigenvalue weighted by Crippen LogP contribution is 2.53. The zero-order chi connectivity index (χ0) is 24.9. The minimum atomic E-state index is -0.332. The summed E-state index contributed by atoms with van der Waals surface area (Å²) in [4.78, 5) is 9.96. The Kier molecular flexibility index (Phi) is 5.80. The van der Waals surface area contributed by atoms with E-state index in [0.717, 1.165) is 17.7 Å². The number of amidine groups is 1. The van der Waals surface area contributed by atoms with E-state index in [2.05, 4.69) is 112 Å². The first-order chi connectivity index (χ1) is 17.5. The van der Waals surface area contributed by atoms with Gasteiger partial charge >= 0.3 is 0 Å². The summed E-state index contributed by atoms with van der Waals surface area (Å²) in [6.45, 7) is 6.91. The average Bonchev–Trinajstić information content (AvgIpc) is 3.15. The van der Waals surface area contributed by atoms with Crippen LogP contribution in [0.25, 0.3) is 11.1 Å². The average molecular weight is 491 g/mol. The Bertz CT molecular complexity index is 1410. The van der Waals surface area contributed by atoms with Crippen molar-refractivity contribution in [2.24, 2.45) is 21.8 Å². The van der Waals surface area contributed by atoms with E-state index in [9.17, 15) is 0 Å². The maximum Gasteiger partial charge on any atom is 0.156 e. The first kappa shape index (κ1) is 23.2. The van der Waals surface area contributed by atoms with Crippen LogP contribution in [0.5, 0.6) is 0 Å². The van der Waals surface area contributed by atoms with Crippen molar-refractivity contribution < 1.29 is 0 Å². The van der Waals surface area contributed by atoms with Gasteiger partial charge in [0, 0.05) is 17.4 Å². The smallest absolute Gasteiger partial charge is 0.156 e. The Labute approximate surface area is 219 Å². The molecule has 6 rings (SSSR count). The highest BCUT2D eigenvalue weighted by atomic mass is 35.5. The number of halogens is 1. The van der Waals surface area contributed by atoms with Gasteiger partial charge in [0.15, 0.2) is 5.84 Å². The van der Waals surface area contributed by atoms with E-state index in [-0.39, 0.29) is 16.8 Å². The summed E-state index contributed by atoms with van der Waals surface area (Å²) in [6, 6.07) is 25.8. The SMILES string of the molecule is CCC1C(c2ccc3c(c2)C2C=CC=CC2C3(C)C)=NC(c2ccc(-c3ccccc3)cc2)=NC1Cl. The summed E-state index contributed by atoms with van der Waals surface area (Å²) in [5.41, 5.74) is 8.23. The van der Waals surface area contributed by atoms with Gasteiger partial charge in [-0.3, -0.25) is 0 Å². The van der Waals surface area contributed by atoms with Crippen LogP contribution >= 0.6 is 11.6 Å². The summed E-state index contributed by atoms with van der Waals surface area (Å²) in [6.07, 6.45) is 10.0. The summed E-state index contributed by atoms with van der Waals surface area (Å²) in [5.74, 6) is 1.70. The number of fused-ring (bicyclic) bond motifs is 3. The van der Waals surface area contributed by atoms with Gasteiger partial charge in [0.05, 0.1) is 5.71 Å². The van der Waals surface area contributed by atoms with Gasteiger partial charge in [0.25, 0.3) is 0 Å². The molecule has 0 N–H and O–H groups in total. The molecule has 0 aromatic heterocycles. The van der Waals surface area contributed by atoms with Crippen molar-refractivity contribution in [3.05, 3.63) is 119 Å². The van der Waals surface area contributed by atoms with Crippen LogP contribution in [0.4, 0.5) is 0 Å². The molecule has 4 unspecified atom stereocenters. The Morgan fingerprint density at radius 2 is 1.47 bits per heavy atom. The molecule has 1 heterocycles. The van der Waals surface area contributed by atoms with Crippen LogP contribution in [0.1, 0.15) is 55.4 Å². The monoisotopic (exact) mass is 490 g/mol. The molecule has 2 nitrogen and oxygen atoms in total. The molecule has 180 valence electrons. The molecule has 0 saturated carbocycles. The number of rotatable bonds is 4. The van der Waals surface area contributed by atoms with Crippen molar-refractivity contribution in [1.82, 2.24) is 0 Å². The van der Waals surface area contributed by atoms with E-state index in [0.29, 0.717) is 17.7 Å². The van der Waals surface area contributed by atoms with Crippen LogP contribution in [-0.2, 0) is 5.41 Å². The van der Waals surface area contributed by atoms with Crippen molar-refractivity contribution >= 4 is 23.1 Å². The fourth-order valence-corrected chi connectivity index (χ4v) is 6.56. The molecule has 0 bridgehead atoms. The third kappa shape index (κ3) is 3.79. The molecule has 0 amide bonds. The molecule has 3 heteroatoms. The largest absolute Gasteiger partial charge is 0.246 e. The predicted octanol–water partition coefficient (Wildman–Crippen LogP) is 8.31. The lowest BCUT2D eigenvalue weighted by atomic mass is 9.74. The lowest BCUT2D eigenvalue weighted by Gasteiger charge is -2.29. The quantitative estimate of drug-likeness (QED) is 0.259. The molecule has 0 radical (unpaired) electrons. The van der Waals surface area contributed by atoms with Crippen LogP contribution in [0.3, 0.4) is 0 Å². The van der Waals surface area contributed by atoms with E-state index < -0.39 is 0 Å². The maximum absolute atomic E-state index is 6.88. The summed E-state index contributed by atoms with van der Waals surface area (Å²) >= 11 is 6.88. The molecule has 0 spiro atoms. The minimum Gasteiger partial charge on any atom is -0.246 e. The molecule has 3 aromatic carbocycles. The number of hydrogen-bond donors (Lipinski definition) is 0. The van der Waals surface area contributed by atoms with E-state index in [1.54, 1.807) is 0 Å². The lowest BCUT2D eigenvalue weighted by molar-refractivity contribution is 0.394. The van der Waals surface area contributed by atoms with Crippen LogP contribution in [0.15, 0.2) is 107 Å². The summed E-state index contributed by atoms with van der Waals surface area (Å²) in [7, 11) is 0. The molecule has 3 aromatic rings. The van der Waals surface area contributed by atoms with E-state index >= 15 is 0 Å². The second-order valence-corrected chi connectivity index (χ2v) is 11.1. The van der Waals surface area contributed by atoms with Gasteiger partial charge in [0.2, 0.25) is 0 Å². The van der Waals surface area contributed by atoms with Crippen LogP contribution < -0.4 is 0 Å². The van der Waals surface area contributed by atoms with Crippen LogP contribution in [0, 0.1) is 11.8 Å². The summed E-state index contributed by atoms with van der Waals surface area (Å²) < 4.78 is 0. The van der Waals surface area contributed by atoms with Gasteiger partial charge < -0.3 is 0 Å². The minimum absolute atomic E-state index is 0.0871. The van der Waals surface area contributed by atoms with Gasteiger partial charge in [-0.1, -0.05) is 123 Å². The van der Waals surface area contributed by atoms with Crippen molar-refractivity contribution in [1.29, 1.82) is 0 Å². The number of benzene rings is 3. The van der Waals surface area contributed by atoms with Gasteiger partial charge in [-0.2, -0.15) is 0 Å². The maximum atomic E-state index is 6.88.